The first-order valence-corrected chi connectivity index (χ1v) is 7.27. The van der Waals surface area contributed by atoms with Crippen LogP contribution in [0.15, 0.2) is 54.9 Å². The second kappa shape index (κ2) is 6.35. The molecule has 0 saturated heterocycles. The molecule has 0 saturated carbocycles. The number of aryl methyl sites for hydroxylation is 2. The van der Waals surface area contributed by atoms with Crippen molar-refractivity contribution in [1.29, 1.82) is 0 Å². The molecule has 0 unspecified atom stereocenters. The zero-order valence-corrected chi connectivity index (χ0v) is 12.4. The lowest BCUT2D eigenvalue weighted by Gasteiger charge is -2.06. The van der Waals surface area contributed by atoms with Crippen LogP contribution in [-0.2, 0) is 11.2 Å². The normalized spacial score (nSPS) is 10.6. The summed E-state index contributed by atoms with van der Waals surface area (Å²) in [6.07, 6.45) is 4.49. The minimum Gasteiger partial charge on any atom is -0.326 e. The number of benzene rings is 2. The highest BCUT2D eigenvalue weighted by molar-refractivity contribution is 5.92. The number of fused-ring (bicyclic) bond motifs is 1. The van der Waals surface area contributed by atoms with Crippen molar-refractivity contribution < 1.29 is 4.79 Å². The Bertz CT molecular complexity index is 797. The molecule has 2 aromatic carbocycles. The summed E-state index contributed by atoms with van der Waals surface area (Å²) in [5.74, 6) is 0.00353. The number of hydrogen-bond acceptors (Lipinski definition) is 3. The Morgan fingerprint density at radius 1 is 1.00 bits per heavy atom. The average molecular weight is 291 g/mol. The molecule has 1 heterocycles. The van der Waals surface area contributed by atoms with Gasteiger partial charge in [-0.3, -0.25) is 14.8 Å². The highest BCUT2D eigenvalue weighted by Gasteiger charge is 2.04. The maximum absolute atomic E-state index is 12.0. The minimum atomic E-state index is 0.00353. The smallest absolute Gasteiger partial charge is 0.224 e. The van der Waals surface area contributed by atoms with Gasteiger partial charge in [0.2, 0.25) is 5.91 Å². The number of carbonyl (C=O) groups excluding carboxylic acids is 1. The van der Waals surface area contributed by atoms with Crippen molar-refractivity contribution in [2.45, 2.75) is 19.8 Å². The first kappa shape index (κ1) is 14.2. The summed E-state index contributed by atoms with van der Waals surface area (Å²) in [5.41, 5.74) is 4.75. The van der Waals surface area contributed by atoms with Crippen LogP contribution in [0.25, 0.3) is 11.0 Å². The minimum absolute atomic E-state index is 0.00353. The van der Waals surface area contributed by atoms with Crippen LogP contribution in [0.4, 0.5) is 5.69 Å². The fraction of sp³-hybridized carbons (Fsp3) is 0.167. The quantitative estimate of drug-likeness (QED) is 0.800. The van der Waals surface area contributed by atoms with Gasteiger partial charge >= 0.3 is 0 Å². The molecule has 0 bridgehead atoms. The number of amides is 1. The van der Waals surface area contributed by atoms with Crippen LogP contribution < -0.4 is 5.32 Å². The van der Waals surface area contributed by atoms with Crippen molar-refractivity contribution >= 4 is 22.6 Å². The molecule has 0 aliphatic heterocycles. The van der Waals surface area contributed by atoms with E-state index in [4.69, 9.17) is 0 Å². The Hall–Kier alpha value is -2.75. The molecular formula is C18H17N3O. The lowest BCUT2D eigenvalue weighted by Crippen LogP contribution is -2.12. The summed E-state index contributed by atoms with van der Waals surface area (Å²) in [6, 6.07) is 13.8. The van der Waals surface area contributed by atoms with E-state index < -0.39 is 0 Å². The molecule has 1 N–H and O–H groups in total. The van der Waals surface area contributed by atoms with E-state index in [9.17, 15) is 4.79 Å². The van der Waals surface area contributed by atoms with E-state index in [0.29, 0.717) is 6.42 Å². The van der Waals surface area contributed by atoms with Crippen LogP contribution in [0.1, 0.15) is 17.5 Å². The molecular weight excluding hydrogens is 274 g/mol. The van der Waals surface area contributed by atoms with Crippen LogP contribution in [0.2, 0.25) is 0 Å². The molecule has 3 aromatic rings. The Balaban J connectivity index is 1.61. The zero-order chi connectivity index (χ0) is 15.4. The number of anilines is 1. The van der Waals surface area contributed by atoms with Crippen LogP contribution in [0.5, 0.6) is 0 Å². The second-order valence-corrected chi connectivity index (χ2v) is 5.29. The molecule has 3 rings (SSSR count). The number of carbonyl (C=O) groups is 1. The first-order chi connectivity index (χ1) is 10.7. The molecule has 0 radical (unpaired) electrons. The third-order valence-corrected chi connectivity index (χ3v) is 3.51. The lowest BCUT2D eigenvalue weighted by molar-refractivity contribution is -0.116. The molecule has 0 spiro atoms. The molecule has 22 heavy (non-hydrogen) atoms. The van der Waals surface area contributed by atoms with Crippen LogP contribution in [0.3, 0.4) is 0 Å². The third kappa shape index (κ3) is 3.47. The van der Waals surface area contributed by atoms with Crippen molar-refractivity contribution in [1.82, 2.24) is 9.97 Å². The van der Waals surface area contributed by atoms with Gasteiger partial charge in [0.05, 0.1) is 11.0 Å². The Morgan fingerprint density at radius 2 is 1.73 bits per heavy atom. The summed E-state index contributed by atoms with van der Waals surface area (Å²) in [4.78, 5) is 20.5. The largest absolute Gasteiger partial charge is 0.326 e. The highest BCUT2D eigenvalue weighted by Crippen LogP contribution is 2.15. The van der Waals surface area contributed by atoms with Gasteiger partial charge < -0.3 is 5.32 Å². The van der Waals surface area contributed by atoms with Crippen molar-refractivity contribution in [2.75, 3.05) is 5.32 Å². The van der Waals surface area contributed by atoms with Gasteiger partial charge in [-0.1, -0.05) is 29.8 Å². The molecule has 1 amide bonds. The van der Waals surface area contributed by atoms with Gasteiger partial charge in [0.1, 0.15) is 0 Å². The Labute approximate surface area is 129 Å². The van der Waals surface area contributed by atoms with E-state index in [0.717, 1.165) is 23.1 Å². The summed E-state index contributed by atoms with van der Waals surface area (Å²) in [6.45, 7) is 2.05. The van der Waals surface area contributed by atoms with Gasteiger partial charge in [-0.05, 0) is 37.1 Å². The highest BCUT2D eigenvalue weighted by atomic mass is 16.1. The molecule has 4 heteroatoms. The fourth-order valence-corrected chi connectivity index (χ4v) is 2.28. The van der Waals surface area contributed by atoms with E-state index in [1.54, 1.807) is 12.4 Å². The number of hydrogen-bond donors (Lipinski definition) is 1. The monoisotopic (exact) mass is 291 g/mol. The number of aromatic nitrogens is 2. The van der Waals surface area contributed by atoms with Gasteiger partial charge in [-0.15, -0.1) is 0 Å². The SMILES string of the molecule is Cc1ccc(CCC(=O)Nc2ccc3nccnc3c2)cc1. The van der Waals surface area contributed by atoms with Crippen molar-refractivity contribution in [2.24, 2.45) is 0 Å². The van der Waals surface area contributed by atoms with Crippen LogP contribution in [0, 0.1) is 6.92 Å². The summed E-state index contributed by atoms with van der Waals surface area (Å²) >= 11 is 0. The topological polar surface area (TPSA) is 54.9 Å². The van der Waals surface area contributed by atoms with Gasteiger partial charge in [0.15, 0.2) is 0 Å². The predicted octanol–water partition coefficient (Wildman–Crippen LogP) is 3.51. The van der Waals surface area contributed by atoms with Crippen LogP contribution >= 0.6 is 0 Å². The summed E-state index contributed by atoms with van der Waals surface area (Å²) in [7, 11) is 0. The van der Waals surface area contributed by atoms with Gasteiger partial charge in [0, 0.05) is 24.5 Å². The maximum Gasteiger partial charge on any atom is 0.224 e. The predicted molar refractivity (Wildman–Crippen MR) is 87.7 cm³/mol. The van der Waals surface area contributed by atoms with E-state index in [1.807, 2.05) is 18.2 Å². The van der Waals surface area contributed by atoms with E-state index in [2.05, 4.69) is 46.5 Å². The number of nitrogens with one attached hydrogen (secondary N) is 1. The Morgan fingerprint density at radius 3 is 2.50 bits per heavy atom. The van der Waals surface area contributed by atoms with Gasteiger partial charge in [-0.2, -0.15) is 0 Å². The van der Waals surface area contributed by atoms with E-state index in [1.165, 1.54) is 11.1 Å². The van der Waals surface area contributed by atoms with Crippen molar-refractivity contribution in [3.05, 3.63) is 66.0 Å². The molecule has 4 nitrogen and oxygen atoms in total. The Kier molecular flexibility index (Phi) is 4.10. The standard InChI is InChI=1S/C18H17N3O/c1-13-2-4-14(5-3-13)6-9-18(22)21-15-7-8-16-17(12-15)20-11-10-19-16/h2-5,7-8,10-12H,6,9H2,1H3,(H,21,22). The zero-order valence-electron chi connectivity index (χ0n) is 12.4. The van der Waals surface area contributed by atoms with Crippen molar-refractivity contribution in [3.8, 4) is 0 Å². The summed E-state index contributed by atoms with van der Waals surface area (Å²) < 4.78 is 0. The molecule has 0 aliphatic rings. The molecule has 110 valence electrons. The maximum atomic E-state index is 12.0. The average Bonchev–Trinajstić information content (AvgIpc) is 2.54. The number of nitrogens with zero attached hydrogens (tertiary/aromatic N) is 2. The number of rotatable bonds is 4. The van der Waals surface area contributed by atoms with Crippen molar-refractivity contribution in [3.63, 3.8) is 0 Å². The molecule has 0 atom stereocenters. The van der Waals surface area contributed by atoms with E-state index in [-0.39, 0.29) is 5.91 Å². The van der Waals surface area contributed by atoms with Gasteiger partial charge in [0.25, 0.3) is 0 Å². The fourth-order valence-electron chi connectivity index (χ4n) is 2.28. The lowest BCUT2D eigenvalue weighted by atomic mass is 10.1. The molecule has 1 aromatic heterocycles. The molecule has 0 fully saturated rings. The van der Waals surface area contributed by atoms with E-state index >= 15 is 0 Å². The third-order valence-electron chi connectivity index (χ3n) is 3.51. The summed E-state index contributed by atoms with van der Waals surface area (Å²) in [5, 5.41) is 2.91. The van der Waals surface area contributed by atoms with Crippen LogP contribution in [-0.4, -0.2) is 15.9 Å². The second-order valence-electron chi connectivity index (χ2n) is 5.29. The molecule has 0 aliphatic carbocycles. The van der Waals surface area contributed by atoms with Gasteiger partial charge in [-0.25, -0.2) is 0 Å². The first-order valence-electron chi connectivity index (χ1n) is 7.27.